The van der Waals surface area contributed by atoms with Crippen LogP contribution in [0.25, 0.3) is 0 Å². The highest BCUT2D eigenvalue weighted by Crippen LogP contribution is 2.16. The molecule has 0 unspecified atom stereocenters. The smallest absolute Gasteiger partial charge is 0.277 e. The molecule has 0 saturated heterocycles. The number of hydrogen-bond acceptors (Lipinski definition) is 3. The van der Waals surface area contributed by atoms with E-state index in [-0.39, 0.29) is 17.2 Å². The van der Waals surface area contributed by atoms with E-state index in [1.165, 1.54) is 12.2 Å². The zero-order valence-corrected chi connectivity index (χ0v) is 17.0. The highest BCUT2D eigenvalue weighted by atomic mass is 16.2. The first-order chi connectivity index (χ1) is 15.6. The van der Waals surface area contributed by atoms with Crippen molar-refractivity contribution in [1.29, 1.82) is 0 Å². The Labute approximate surface area is 185 Å². The van der Waals surface area contributed by atoms with Gasteiger partial charge in [0.15, 0.2) is 5.78 Å². The van der Waals surface area contributed by atoms with Gasteiger partial charge in [0.25, 0.3) is 11.8 Å². The van der Waals surface area contributed by atoms with Crippen molar-refractivity contribution in [2.45, 2.75) is 0 Å². The lowest BCUT2D eigenvalue weighted by atomic mass is 9.96. The minimum absolute atomic E-state index is 0.157. The molecule has 5 nitrogen and oxygen atoms in total. The normalized spacial score (nSPS) is 15.4. The highest BCUT2D eigenvalue weighted by Gasteiger charge is 2.19. The zero-order valence-electron chi connectivity index (χ0n) is 17.0. The van der Waals surface area contributed by atoms with E-state index in [0.29, 0.717) is 22.3 Å². The van der Waals surface area contributed by atoms with Crippen LogP contribution in [0.4, 0.5) is 0 Å². The van der Waals surface area contributed by atoms with Crippen LogP contribution in [0.2, 0.25) is 0 Å². The molecular weight excluding hydrogens is 400 g/mol. The first-order valence-corrected chi connectivity index (χ1v) is 9.98. The van der Waals surface area contributed by atoms with E-state index >= 15 is 0 Å². The largest absolute Gasteiger partial charge is 0.289 e. The van der Waals surface area contributed by atoms with Crippen molar-refractivity contribution in [2.24, 2.45) is 9.98 Å². The predicted molar refractivity (Wildman–Crippen MR) is 124 cm³/mol. The summed E-state index contributed by atoms with van der Waals surface area (Å²) in [5.41, 5.74) is 2.04. The molecule has 0 aromatic heterocycles. The number of Topliss-reactive ketones (excluding diaryl/α,β-unsaturated/α-hetero) is 1. The third-order valence-corrected chi connectivity index (χ3v) is 4.76. The molecule has 0 fully saturated rings. The van der Waals surface area contributed by atoms with Crippen molar-refractivity contribution in [3.05, 3.63) is 131 Å². The van der Waals surface area contributed by atoms with Crippen LogP contribution >= 0.6 is 0 Å². The van der Waals surface area contributed by atoms with Crippen LogP contribution in [-0.4, -0.2) is 29.0 Å². The first-order valence-electron chi connectivity index (χ1n) is 9.98. The number of allylic oxidation sites excluding steroid dienone is 4. The summed E-state index contributed by atoms with van der Waals surface area (Å²) in [7, 11) is 0. The third-order valence-electron chi connectivity index (χ3n) is 4.76. The maximum absolute atomic E-state index is 12.9. The highest BCUT2D eigenvalue weighted by molar-refractivity contribution is 6.54. The number of carbonyl (C=O) groups is 3. The van der Waals surface area contributed by atoms with Gasteiger partial charge in [-0.25, -0.2) is 9.98 Å². The fraction of sp³-hybridized carbons (Fsp3) is 0. The van der Waals surface area contributed by atoms with Gasteiger partial charge in [-0.05, 0) is 42.5 Å². The fourth-order valence-electron chi connectivity index (χ4n) is 3.11. The summed E-state index contributed by atoms with van der Waals surface area (Å²) in [5.74, 6) is -1.16. The van der Waals surface area contributed by atoms with Crippen molar-refractivity contribution in [3.8, 4) is 0 Å². The second kappa shape index (κ2) is 9.53. The molecule has 3 aromatic carbocycles. The number of benzene rings is 3. The van der Waals surface area contributed by atoms with Gasteiger partial charge in [-0.3, -0.25) is 14.4 Å². The van der Waals surface area contributed by atoms with Crippen LogP contribution in [-0.2, 0) is 0 Å². The molecule has 4 rings (SSSR count). The second-order valence-electron chi connectivity index (χ2n) is 6.96. The van der Waals surface area contributed by atoms with E-state index in [9.17, 15) is 14.4 Å². The average molecular weight is 418 g/mol. The molecule has 0 bridgehead atoms. The van der Waals surface area contributed by atoms with Gasteiger partial charge in [-0.1, -0.05) is 66.7 Å². The summed E-state index contributed by atoms with van der Waals surface area (Å²) >= 11 is 0. The molecular formula is C27H18N2O3. The Bertz CT molecular complexity index is 1290. The number of carbonyl (C=O) groups excluding carboxylic acids is 3. The standard InChI is InChI=1S/C27H18N2O3/c30-25(19-10-4-1-5-11-19)22-16-17-23(28-26(31)20-12-6-2-7-13-20)24(18-22)29-27(32)21-14-8-3-9-15-21/h1-18H. The number of ketones is 1. The van der Waals surface area contributed by atoms with Gasteiger partial charge in [0.05, 0.1) is 11.4 Å². The molecule has 0 radical (unpaired) electrons. The fourth-order valence-corrected chi connectivity index (χ4v) is 3.11. The van der Waals surface area contributed by atoms with E-state index in [1.807, 2.05) is 6.07 Å². The molecule has 0 atom stereocenters. The molecule has 0 saturated carbocycles. The zero-order chi connectivity index (χ0) is 22.3. The van der Waals surface area contributed by atoms with Crippen LogP contribution in [0.3, 0.4) is 0 Å². The number of rotatable bonds is 4. The van der Waals surface area contributed by atoms with Gasteiger partial charge in [-0.15, -0.1) is 0 Å². The summed E-state index contributed by atoms with van der Waals surface area (Å²) in [6.45, 7) is 0. The number of amides is 2. The monoisotopic (exact) mass is 418 g/mol. The van der Waals surface area contributed by atoms with Crippen molar-refractivity contribution in [3.63, 3.8) is 0 Å². The predicted octanol–water partition coefficient (Wildman–Crippen LogP) is 4.93. The Morgan fingerprint density at radius 3 is 1.44 bits per heavy atom. The van der Waals surface area contributed by atoms with Crippen LogP contribution < -0.4 is 0 Å². The van der Waals surface area contributed by atoms with Crippen molar-refractivity contribution in [1.82, 2.24) is 0 Å². The number of hydrogen-bond donors (Lipinski definition) is 0. The second-order valence-corrected chi connectivity index (χ2v) is 6.96. The van der Waals surface area contributed by atoms with Crippen LogP contribution in [0, 0.1) is 0 Å². The Morgan fingerprint density at radius 1 is 0.500 bits per heavy atom. The van der Waals surface area contributed by atoms with Crippen LogP contribution in [0.5, 0.6) is 0 Å². The van der Waals surface area contributed by atoms with Crippen LogP contribution in [0.15, 0.2) is 125 Å². The molecule has 32 heavy (non-hydrogen) atoms. The number of nitrogens with zero attached hydrogens (tertiary/aromatic N) is 2. The molecule has 0 N–H and O–H groups in total. The van der Waals surface area contributed by atoms with Crippen LogP contribution in [0.1, 0.15) is 31.1 Å². The van der Waals surface area contributed by atoms with E-state index in [4.69, 9.17) is 0 Å². The molecule has 5 heteroatoms. The van der Waals surface area contributed by atoms with Gasteiger partial charge in [0, 0.05) is 22.3 Å². The summed E-state index contributed by atoms with van der Waals surface area (Å²) in [4.78, 5) is 46.5. The van der Waals surface area contributed by atoms with Gasteiger partial charge in [0.2, 0.25) is 0 Å². The minimum Gasteiger partial charge on any atom is -0.289 e. The van der Waals surface area contributed by atoms with Gasteiger partial charge < -0.3 is 0 Å². The molecule has 1 aliphatic rings. The summed E-state index contributed by atoms with van der Waals surface area (Å²) in [5, 5.41) is 0. The summed E-state index contributed by atoms with van der Waals surface area (Å²) in [6, 6.07) is 26.0. The molecule has 0 aliphatic heterocycles. The Hall–Kier alpha value is -4.51. The third kappa shape index (κ3) is 4.79. The average Bonchev–Trinajstić information content (AvgIpc) is 2.86. The van der Waals surface area contributed by atoms with E-state index in [0.717, 1.165) is 0 Å². The quantitative estimate of drug-likeness (QED) is 0.445. The lowest BCUT2D eigenvalue weighted by Gasteiger charge is -2.11. The van der Waals surface area contributed by atoms with Crippen molar-refractivity contribution in [2.75, 3.05) is 0 Å². The maximum atomic E-state index is 12.9. The summed E-state index contributed by atoms with van der Waals surface area (Å²) < 4.78 is 0. The van der Waals surface area contributed by atoms with Gasteiger partial charge in [-0.2, -0.15) is 0 Å². The van der Waals surface area contributed by atoms with Gasteiger partial charge in [0.1, 0.15) is 0 Å². The van der Waals surface area contributed by atoms with Crippen molar-refractivity contribution < 1.29 is 14.4 Å². The van der Waals surface area contributed by atoms with Gasteiger partial charge >= 0.3 is 0 Å². The molecule has 2 amide bonds. The Balaban J connectivity index is 1.73. The maximum Gasteiger partial charge on any atom is 0.277 e. The molecule has 3 aromatic rings. The molecule has 0 spiro atoms. The van der Waals surface area contributed by atoms with E-state index < -0.39 is 11.8 Å². The lowest BCUT2D eigenvalue weighted by Crippen LogP contribution is -2.19. The van der Waals surface area contributed by atoms with E-state index in [1.54, 1.807) is 91.0 Å². The molecule has 0 heterocycles. The Morgan fingerprint density at radius 2 is 0.938 bits per heavy atom. The van der Waals surface area contributed by atoms with Crippen molar-refractivity contribution >= 4 is 29.0 Å². The molecule has 154 valence electrons. The topological polar surface area (TPSA) is 75.9 Å². The lowest BCUT2D eigenvalue weighted by molar-refractivity contribution is 0.0993. The SMILES string of the molecule is O=C(N=C1C=CC(C(=O)c2ccccc2)=CC1=NC(=O)c1ccccc1)c1ccccc1. The first kappa shape index (κ1) is 20.8. The number of aliphatic imine (C=N–C) groups is 2. The van der Waals surface area contributed by atoms with E-state index in [2.05, 4.69) is 9.98 Å². The summed E-state index contributed by atoms with van der Waals surface area (Å²) in [6.07, 6.45) is 4.61. The Kier molecular flexibility index (Phi) is 6.18. The molecule has 1 aliphatic carbocycles. The minimum atomic E-state index is -0.487.